The highest BCUT2D eigenvalue weighted by Gasteiger charge is 2.32. The highest BCUT2D eigenvalue weighted by Crippen LogP contribution is 2.25. The van der Waals surface area contributed by atoms with E-state index in [4.69, 9.17) is 5.73 Å². The molecule has 0 aliphatic carbocycles. The molecule has 8 heteroatoms. The second-order valence-electron chi connectivity index (χ2n) is 6.26. The average Bonchev–Trinajstić information content (AvgIpc) is 3.24. The number of nitrogens with two attached hydrogens (primary N) is 1. The summed E-state index contributed by atoms with van der Waals surface area (Å²) in [4.78, 5) is 14.5. The number of hydrogen-bond acceptors (Lipinski definition) is 5. The Hall–Kier alpha value is -1.90. The van der Waals surface area contributed by atoms with Crippen molar-refractivity contribution in [2.75, 3.05) is 17.8 Å². The predicted molar refractivity (Wildman–Crippen MR) is 99.2 cm³/mol. The number of nitrogens with zero attached hydrogens (tertiary/aromatic N) is 1. The molecular formula is C17H21N3O3S2. The number of anilines is 1. The Morgan fingerprint density at radius 2 is 2.04 bits per heavy atom. The van der Waals surface area contributed by atoms with Crippen LogP contribution in [-0.2, 0) is 10.0 Å². The highest BCUT2D eigenvalue weighted by atomic mass is 32.2. The zero-order valence-corrected chi connectivity index (χ0v) is 15.5. The second-order valence-corrected chi connectivity index (χ2v) is 9.12. The van der Waals surface area contributed by atoms with Crippen molar-refractivity contribution in [3.8, 4) is 0 Å². The van der Waals surface area contributed by atoms with Crippen molar-refractivity contribution < 1.29 is 13.2 Å². The number of rotatable bonds is 5. The first-order chi connectivity index (χ1) is 11.9. The Bertz CT molecular complexity index is 833. The van der Waals surface area contributed by atoms with E-state index in [2.05, 4.69) is 4.72 Å². The van der Waals surface area contributed by atoms with E-state index in [0.29, 0.717) is 30.3 Å². The van der Waals surface area contributed by atoms with Crippen LogP contribution in [0.25, 0.3) is 0 Å². The van der Waals surface area contributed by atoms with Crippen LogP contribution >= 0.6 is 11.3 Å². The van der Waals surface area contributed by atoms with Crippen LogP contribution in [0.15, 0.2) is 46.0 Å². The monoisotopic (exact) mass is 379 g/mol. The highest BCUT2D eigenvalue weighted by molar-refractivity contribution is 7.94. The minimum Gasteiger partial charge on any atom is -0.336 e. The molecule has 1 aromatic carbocycles. The lowest BCUT2D eigenvalue weighted by atomic mass is 10.1. The van der Waals surface area contributed by atoms with Gasteiger partial charge >= 0.3 is 0 Å². The summed E-state index contributed by atoms with van der Waals surface area (Å²) in [5, 5.41) is 1.71. The van der Waals surface area contributed by atoms with Gasteiger partial charge in [0.1, 0.15) is 4.21 Å². The lowest BCUT2D eigenvalue weighted by molar-refractivity contribution is 0.0743. The van der Waals surface area contributed by atoms with Crippen molar-refractivity contribution in [2.45, 2.75) is 23.6 Å². The molecule has 1 aliphatic heterocycles. The quantitative estimate of drug-likeness (QED) is 0.834. The Morgan fingerprint density at radius 3 is 2.60 bits per heavy atom. The molecule has 0 radical (unpaired) electrons. The summed E-state index contributed by atoms with van der Waals surface area (Å²) >= 11 is 1.16. The molecule has 1 aliphatic rings. The van der Waals surface area contributed by atoms with Gasteiger partial charge in [0, 0.05) is 23.8 Å². The van der Waals surface area contributed by atoms with Crippen LogP contribution in [-0.4, -0.2) is 38.4 Å². The first-order valence-electron chi connectivity index (χ1n) is 8.08. The van der Waals surface area contributed by atoms with Crippen LogP contribution in [0.3, 0.4) is 0 Å². The number of likely N-dealkylation sites (tertiary alicyclic amines) is 1. The smallest absolute Gasteiger partial charge is 0.271 e. The van der Waals surface area contributed by atoms with Gasteiger partial charge in [-0.2, -0.15) is 0 Å². The molecule has 2 aromatic rings. The molecule has 6 nitrogen and oxygen atoms in total. The molecule has 1 amide bonds. The van der Waals surface area contributed by atoms with Gasteiger partial charge in [0.2, 0.25) is 0 Å². The standard InChI is InChI=1S/C17H21N3O3S2/c1-12-9-13(10-18)11-20(12)17(21)14-4-6-15(7-5-14)19-25(22,23)16-3-2-8-24-16/h2-8,12-13,19H,9-11,18H2,1H3. The van der Waals surface area contributed by atoms with E-state index in [1.807, 2.05) is 11.8 Å². The number of sulfonamides is 1. The van der Waals surface area contributed by atoms with Gasteiger partial charge in [-0.1, -0.05) is 6.07 Å². The zero-order chi connectivity index (χ0) is 18.0. The van der Waals surface area contributed by atoms with Gasteiger partial charge in [-0.15, -0.1) is 11.3 Å². The molecule has 2 heterocycles. The van der Waals surface area contributed by atoms with E-state index in [1.54, 1.807) is 41.8 Å². The molecule has 134 valence electrons. The van der Waals surface area contributed by atoms with Gasteiger partial charge in [-0.3, -0.25) is 9.52 Å². The molecule has 0 saturated carbocycles. The van der Waals surface area contributed by atoms with E-state index in [-0.39, 0.29) is 16.2 Å². The molecule has 2 atom stereocenters. The van der Waals surface area contributed by atoms with Gasteiger partial charge < -0.3 is 10.6 Å². The molecule has 1 aromatic heterocycles. The molecule has 3 rings (SSSR count). The third kappa shape index (κ3) is 3.86. The van der Waals surface area contributed by atoms with E-state index in [1.165, 1.54) is 0 Å². The Morgan fingerprint density at radius 1 is 1.32 bits per heavy atom. The van der Waals surface area contributed by atoms with Crippen molar-refractivity contribution in [3.63, 3.8) is 0 Å². The number of carbonyl (C=O) groups excluding carboxylic acids is 1. The molecular weight excluding hydrogens is 358 g/mol. The van der Waals surface area contributed by atoms with Crippen LogP contribution in [0.1, 0.15) is 23.7 Å². The van der Waals surface area contributed by atoms with E-state index in [9.17, 15) is 13.2 Å². The fraction of sp³-hybridized carbons (Fsp3) is 0.353. The maximum atomic E-state index is 12.7. The largest absolute Gasteiger partial charge is 0.336 e. The summed E-state index contributed by atoms with van der Waals surface area (Å²) in [5.74, 6) is 0.298. The van der Waals surface area contributed by atoms with Crippen LogP contribution in [0.5, 0.6) is 0 Å². The summed E-state index contributed by atoms with van der Waals surface area (Å²) in [6.45, 7) is 3.28. The minimum atomic E-state index is -3.58. The SMILES string of the molecule is CC1CC(CN)CN1C(=O)c1ccc(NS(=O)(=O)c2cccs2)cc1. The van der Waals surface area contributed by atoms with Crippen molar-refractivity contribution in [3.05, 3.63) is 47.3 Å². The fourth-order valence-electron chi connectivity index (χ4n) is 3.06. The molecule has 0 bridgehead atoms. The van der Waals surface area contributed by atoms with Crippen molar-refractivity contribution in [2.24, 2.45) is 11.7 Å². The van der Waals surface area contributed by atoms with Gasteiger partial charge in [0.15, 0.2) is 0 Å². The molecule has 1 fully saturated rings. The second kappa shape index (κ2) is 7.15. The Labute approximate surface area is 151 Å². The topological polar surface area (TPSA) is 92.5 Å². The number of hydrogen-bond donors (Lipinski definition) is 2. The van der Waals surface area contributed by atoms with Crippen molar-refractivity contribution in [1.82, 2.24) is 4.90 Å². The normalized spacial score (nSPS) is 20.6. The lowest BCUT2D eigenvalue weighted by Crippen LogP contribution is -2.34. The van der Waals surface area contributed by atoms with Gasteiger partial charge in [-0.25, -0.2) is 8.42 Å². The number of amides is 1. The van der Waals surface area contributed by atoms with E-state index >= 15 is 0 Å². The predicted octanol–water partition coefficient (Wildman–Crippen LogP) is 2.36. The zero-order valence-electron chi connectivity index (χ0n) is 13.9. The number of carbonyl (C=O) groups is 1. The fourth-order valence-corrected chi connectivity index (χ4v) is 5.12. The molecule has 0 spiro atoms. The van der Waals surface area contributed by atoms with E-state index < -0.39 is 10.0 Å². The van der Waals surface area contributed by atoms with Crippen LogP contribution in [0.2, 0.25) is 0 Å². The summed E-state index contributed by atoms with van der Waals surface area (Å²) in [6.07, 6.45) is 0.918. The summed E-state index contributed by atoms with van der Waals surface area (Å²) in [5.41, 5.74) is 6.69. The van der Waals surface area contributed by atoms with Gasteiger partial charge in [0.25, 0.3) is 15.9 Å². The minimum absolute atomic E-state index is 0.0453. The molecule has 2 unspecified atom stereocenters. The number of thiophene rings is 1. The van der Waals surface area contributed by atoms with Crippen molar-refractivity contribution >= 4 is 33.0 Å². The van der Waals surface area contributed by atoms with Crippen LogP contribution < -0.4 is 10.5 Å². The number of benzene rings is 1. The van der Waals surface area contributed by atoms with Gasteiger partial charge in [0.05, 0.1) is 0 Å². The third-order valence-electron chi connectivity index (χ3n) is 4.40. The average molecular weight is 380 g/mol. The molecule has 3 N–H and O–H groups in total. The molecule has 25 heavy (non-hydrogen) atoms. The lowest BCUT2D eigenvalue weighted by Gasteiger charge is -2.21. The van der Waals surface area contributed by atoms with Gasteiger partial charge in [-0.05, 0) is 61.5 Å². The Kier molecular flexibility index (Phi) is 5.12. The maximum Gasteiger partial charge on any atom is 0.271 e. The summed E-state index contributed by atoms with van der Waals surface area (Å²) in [6, 6.07) is 9.92. The first kappa shape index (κ1) is 17.9. The van der Waals surface area contributed by atoms with Crippen LogP contribution in [0.4, 0.5) is 5.69 Å². The summed E-state index contributed by atoms with van der Waals surface area (Å²) in [7, 11) is -3.58. The molecule has 1 saturated heterocycles. The van der Waals surface area contributed by atoms with E-state index in [0.717, 1.165) is 17.8 Å². The number of nitrogens with one attached hydrogen (secondary N) is 1. The first-order valence-corrected chi connectivity index (χ1v) is 10.4. The maximum absolute atomic E-state index is 12.7. The summed E-state index contributed by atoms with van der Waals surface area (Å²) < 4.78 is 27.2. The third-order valence-corrected chi connectivity index (χ3v) is 7.18. The Balaban J connectivity index is 1.71. The van der Waals surface area contributed by atoms with Crippen molar-refractivity contribution in [1.29, 1.82) is 0 Å². The van der Waals surface area contributed by atoms with Crippen LogP contribution in [0, 0.1) is 5.92 Å².